The van der Waals surface area contributed by atoms with Gasteiger partial charge in [-0.15, -0.1) is 0 Å². The maximum Gasteiger partial charge on any atom is 0.0734 e. The molecule has 0 unspecified atom stereocenters. The second-order valence-corrected chi connectivity index (χ2v) is 4.63. The van der Waals surface area contributed by atoms with Gasteiger partial charge >= 0.3 is 0 Å². The molecule has 0 aromatic rings. The summed E-state index contributed by atoms with van der Waals surface area (Å²) in [5.74, 6) is 0. The molecule has 1 N–H and O–H groups in total. The highest BCUT2D eigenvalue weighted by Gasteiger charge is 2.54. The number of rotatable bonds is 1. The second-order valence-electron chi connectivity index (χ2n) is 4.63. The van der Waals surface area contributed by atoms with Crippen LogP contribution in [0, 0.1) is 5.41 Å². The van der Waals surface area contributed by atoms with Crippen LogP contribution >= 0.6 is 0 Å². The standard InChI is InChI=1S/C10H17NO/c1-3-8(12-6-1)9-10(7-11-9)4-2-5-10/h8-9,11H,1-7H2/t8-,9-/m1/s1. The largest absolute Gasteiger partial charge is 0.377 e. The van der Waals surface area contributed by atoms with Crippen LogP contribution in [0.5, 0.6) is 0 Å². The van der Waals surface area contributed by atoms with Crippen LogP contribution in [0.3, 0.4) is 0 Å². The maximum atomic E-state index is 5.73. The molecule has 2 atom stereocenters. The van der Waals surface area contributed by atoms with Crippen molar-refractivity contribution >= 4 is 0 Å². The van der Waals surface area contributed by atoms with Gasteiger partial charge in [0.05, 0.1) is 6.10 Å². The van der Waals surface area contributed by atoms with Gasteiger partial charge in [-0.3, -0.25) is 0 Å². The van der Waals surface area contributed by atoms with Gasteiger partial charge in [0.2, 0.25) is 0 Å². The third-order valence-electron chi connectivity index (χ3n) is 4.02. The van der Waals surface area contributed by atoms with Gasteiger partial charge in [0.15, 0.2) is 0 Å². The number of ether oxygens (including phenoxy) is 1. The Morgan fingerprint density at radius 2 is 2.17 bits per heavy atom. The quantitative estimate of drug-likeness (QED) is 0.635. The summed E-state index contributed by atoms with van der Waals surface area (Å²) in [6.45, 7) is 2.26. The van der Waals surface area contributed by atoms with Crippen molar-refractivity contribution in [3.05, 3.63) is 0 Å². The minimum absolute atomic E-state index is 0.555. The summed E-state index contributed by atoms with van der Waals surface area (Å²) in [6, 6.07) is 0.716. The van der Waals surface area contributed by atoms with E-state index in [1.54, 1.807) is 0 Å². The van der Waals surface area contributed by atoms with Crippen LogP contribution in [0.1, 0.15) is 32.1 Å². The van der Waals surface area contributed by atoms with Crippen molar-refractivity contribution in [2.75, 3.05) is 13.2 Å². The van der Waals surface area contributed by atoms with Crippen LogP contribution in [-0.4, -0.2) is 25.3 Å². The van der Waals surface area contributed by atoms with Crippen molar-refractivity contribution < 1.29 is 4.74 Å². The monoisotopic (exact) mass is 167 g/mol. The minimum atomic E-state index is 0.555. The van der Waals surface area contributed by atoms with E-state index in [0.29, 0.717) is 17.6 Å². The molecule has 0 aromatic carbocycles. The second kappa shape index (κ2) is 2.46. The average molecular weight is 167 g/mol. The van der Waals surface area contributed by atoms with Crippen LogP contribution in [0.4, 0.5) is 0 Å². The predicted molar refractivity (Wildman–Crippen MR) is 47.0 cm³/mol. The molecule has 0 radical (unpaired) electrons. The van der Waals surface area contributed by atoms with Crippen molar-refractivity contribution in [1.82, 2.24) is 5.32 Å². The summed E-state index contributed by atoms with van der Waals surface area (Å²) in [5, 5.41) is 3.56. The average Bonchev–Trinajstić information content (AvgIpc) is 2.33. The Kier molecular flexibility index (Phi) is 1.50. The molecule has 3 fully saturated rings. The molecule has 1 aliphatic carbocycles. The molecule has 2 nitrogen and oxygen atoms in total. The summed E-state index contributed by atoms with van der Waals surface area (Å²) >= 11 is 0. The predicted octanol–water partition coefficient (Wildman–Crippen LogP) is 1.31. The maximum absolute atomic E-state index is 5.73. The fourth-order valence-corrected chi connectivity index (χ4v) is 3.02. The van der Waals surface area contributed by atoms with Gasteiger partial charge in [-0.2, -0.15) is 0 Å². The number of hydrogen-bond donors (Lipinski definition) is 1. The van der Waals surface area contributed by atoms with E-state index in [1.165, 1.54) is 38.6 Å². The molecule has 0 bridgehead atoms. The van der Waals surface area contributed by atoms with Crippen molar-refractivity contribution in [2.24, 2.45) is 5.41 Å². The van der Waals surface area contributed by atoms with E-state index < -0.39 is 0 Å². The molecular weight excluding hydrogens is 150 g/mol. The van der Waals surface area contributed by atoms with Gasteiger partial charge in [0.25, 0.3) is 0 Å². The van der Waals surface area contributed by atoms with Crippen molar-refractivity contribution in [3.63, 3.8) is 0 Å². The lowest BCUT2D eigenvalue weighted by Gasteiger charge is -2.58. The first-order valence-corrected chi connectivity index (χ1v) is 5.26. The Labute approximate surface area is 73.7 Å². The number of nitrogens with one attached hydrogen (secondary N) is 1. The van der Waals surface area contributed by atoms with E-state index >= 15 is 0 Å². The first-order chi connectivity index (χ1) is 5.91. The van der Waals surface area contributed by atoms with Gasteiger partial charge < -0.3 is 10.1 Å². The van der Waals surface area contributed by atoms with Crippen molar-refractivity contribution in [1.29, 1.82) is 0 Å². The Morgan fingerprint density at radius 3 is 2.58 bits per heavy atom. The van der Waals surface area contributed by atoms with Gasteiger partial charge in [0.1, 0.15) is 0 Å². The molecule has 0 amide bonds. The molecule has 1 spiro atoms. The van der Waals surface area contributed by atoms with E-state index in [-0.39, 0.29) is 0 Å². The summed E-state index contributed by atoms with van der Waals surface area (Å²) in [4.78, 5) is 0. The third-order valence-corrected chi connectivity index (χ3v) is 4.02. The highest BCUT2D eigenvalue weighted by atomic mass is 16.5. The van der Waals surface area contributed by atoms with E-state index in [1.807, 2.05) is 0 Å². The molecular formula is C10H17NO. The van der Waals surface area contributed by atoms with Gasteiger partial charge in [-0.05, 0) is 25.7 Å². The van der Waals surface area contributed by atoms with Crippen LogP contribution in [0.15, 0.2) is 0 Å². The lowest BCUT2D eigenvalue weighted by molar-refractivity contribution is -0.0751. The fraction of sp³-hybridized carbons (Fsp3) is 1.00. The SMILES string of the molecule is C1CO[C@@H]([C@H]2NCC23CCC3)C1. The van der Waals surface area contributed by atoms with Gasteiger partial charge in [-0.25, -0.2) is 0 Å². The summed E-state index contributed by atoms with van der Waals surface area (Å²) in [7, 11) is 0. The van der Waals surface area contributed by atoms with Crippen LogP contribution in [0.2, 0.25) is 0 Å². The van der Waals surface area contributed by atoms with Crippen LogP contribution in [-0.2, 0) is 4.74 Å². The molecule has 2 saturated heterocycles. The molecule has 68 valence electrons. The molecule has 3 rings (SSSR count). The van der Waals surface area contributed by atoms with Gasteiger partial charge in [0, 0.05) is 24.6 Å². The van der Waals surface area contributed by atoms with Crippen molar-refractivity contribution in [3.8, 4) is 0 Å². The van der Waals surface area contributed by atoms with E-state index in [2.05, 4.69) is 5.32 Å². The van der Waals surface area contributed by atoms with E-state index in [0.717, 1.165) is 6.61 Å². The molecule has 2 heterocycles. The lowest BCUT2D eigenvalue weighted by Crippen LogP contribution is -2.69. The smallest absolute Gasteiger partial charge is 0.0734 e. The zero-order chi connectivity index (χ0) is 8.02. The minimum Gasteiger partial charge on any atom is -0.377 e. The molecule has 2 aliphatic heterocycles. The lowest BCUT2D eigenvalue weighted by atomic mass is 9.58. The third kappa shape index (κ3) is 0.826. The highest BCUT2D eigenvalue weighted by molar-refractivity contribution is 5.09. The van der Waals surface area contributed by atoms with Gasteiger partial charge in [-0.1, -0.05) is 6.42 Å². The Morgan fingerprint density at radius 1 is 1.25 bits per heavy atom. The zero-order valence-electron chi connectivity index (χ0n) is 7.51. The normalized spacial score (nSPS) is 44.0. The molecule has 1 saturated carbocycles. The highest BCUT2D eigenvalue weighted by Crippen LogP contribution is 2.50. The summed E-state index contributed by atoms with van der Waals surface area (Å²) in [5.41, 5.74) is 0.689. The van der Waals surface area contributed by atoms with Crippen LogP contribution < -0.4 is 5.32 Å². The fourth-order valence-electron chi connectivity index (χ4n) is 3.02. The topological polar surface area (TPSA) is 21.3 Å². The first kappa shape index (κ1) is 7.34. The Hall–Kier alpha value is -0.0800. The van der Waals surface area contributed by atoms with E-state index in [9.17, 15) is 0 Å². The van der Waals surface area contributed by atoms with E-state index in [4.69, 9.17) is 4.74 Å². The molecule has 2 heteroatoms. The molecule has 0 aromatic heterocycles. The zero-order valence-corrected chi connectivity index (χ0v) is 7.51. The van der Waals surface area contributed by atoms with Crippen LogP contribution in [0.25, 0.3) is 0 Å². The summed E-state index contributed by atoms with van der Waals surface area (Å²) < 4.78 is 5.73. The van der Waals surface area contributed by atoms with Crippen molar-refractivity contribution in [2.45, 2.75) is 44.2 Å². The Balaban J connectivity index is 1.68. The first-order valence-electron chi connectivity index (χ1n) is 5.26. The molecule has 3 aliphatic rings. The number of hydrogen-bond acceptors (Lipinski definition) is 2. The summed E-state index contributed by atoms with van der Waals surface area (Å²) in [6.07, 6.45) is 7.47. The molecule has 12 heavy (non-hydrogen) atoms. The Bertz CT molecular complexity index is 177.